The van der Waals surface area contributed by atoms with Gasteiger partial charge < -0.3 is 14.9 Å². The van der Waals surface area contributed by atoms with Crippen LogP contribution in [0, 0.1) is 19.8 Å². The number of likely N-dealkylation sites (tertiary alicyclic amines) is 2. The monoisotopic (exact) mass is 330 g/mol. The first-order valence-electron chi connectivity index (χ1n) is 9.74. The van der Waals surface area contributed by atoms with Crippen LogP contribution in [-0.4, -0.2) is 53.7 Å². The van der Waals surface area contributed by atoms with Gasteiger partial charge >= 0.3 is 0 Å². The molecule has 2 fully saturated rings. The number of β-amino-alcohol motifs (C(OH)–C–C–N with tert-alkyl or cyclic N) is 1. The molecule has 3 rings (SSSR count). The Morgan fingerprint density at radius 3 is 2.33 bits per heavy atom. The van der Waals surface area contributed by atoms with Crippen LogP contribution >= 0.6 is 0 Å². The Morgan fingerprint density at radius 1 is 1.04 bits per heavy atom. The number of aryl methyl sites for hydroxylation is 2. The third kappa shape index (κ3) is 4.38. The summed E-state index contributed by atoms with van der Waals surface area (Å²) in [5.41, 5.74) is 3.56. The van der Waals surface area contributed by atoms with Crippen LogP contribution in [0.3, 0.4) is 0 Å². The molecule has 2 aliphatic rings. The van der Waals surface area contributed by atoms with Gasteiger partial charge in [-0.1, -0.05) is 30.7 Å². The molecule has 3 nitrogen and oxygen atoms in total. The van der Waals surface area contributed by atoms with Gasteiger partial charge in [-0.3, -0.25) is 0 Å². The first-order chi connectivity index (χ1) is 11.5. The van der Waals surface area contributed by atoms with Crippen LogP contribution < -0.4 is 0 Å². The molecule has 2 heterocycles. The normalized spacial score (nSPS) is 23.5. The van der Waals surface area contributed by atoms with E-state index in [-0.39, 0.29) is 6.10 Å². The Hall–Kier alpha value is -0.900. The maximum atomic E-state index is 10.6. The van der Waals surface area contributed by atoms with Crippen molar-refractivity contribution >= 4 is 0 Å². The van der Waals surface area contributed by atoms with E-state index in [9.17, 15) is 5.11 Å². The molecule has 2 aliphatic heterocycles. The third-order valence-corrected chi connectivity index (χ3v) is 6.11. The zero-order valence-electron chi connectivity index (χ0n) is 15.7. The Kier molecular flexibility index (Phi) is 5.96. The summed E-state index contributed by atoms with van der Waals surface area (Å²) in [6.45, 7) is 12.2. The van der Waals surface area contributed by atoms with Crippen LogP contribution in [0.2, 0.25) is 0 Å². The smallest absolute Gasteiger partial charge is 0.0919 e. The van der Waals surface area contributed by atoms with Gasteiger partial charge in [0, 0.05) is 12.6 Å². The van der Waals surface area contributed by atoms with E-state index in [4.69, 9.17) is 0 Å². The molecule has 0 saturated carbocycles. The number of nitrogens with zero attached hydrogens (tertiary/aromatic N) is 2. The van der Waals surface area contributed by atoms with Gasteiger partial charge in [-0.15, -0.1) is 0 Å². The second-order valence-electron chi connectivity index (χ2n) is 8.13. The molecule has 2 saturated heterocycles. The minimum absolute atomic E-state index is 0.363. The lowest BCUT2D eigenvalue weighted by Gasteiger charge is -2.41. The van der Waals surface area contributed by atoms with Crippen LogP contribution in [-0.2, 0) is 0 Å². The molecule has 24 heavy (non-hydrogen) atoms. The van der Waals surface area contributed by atoms with Crippen LogP contribution in [0.25, 0.3) is 0 Å². The van der Waals surface area contributed by atoms with Crippen molar-refractivity contribution in [1.82, 2.24) is 9.80 Å². The first kappa shape index (κ1) is 17.9. The maximum Gasteiger partial charge on any atom is 0.0919 e. The molecule has 0 bridgehead atoms. The SMILES string of the molecule is Cc1ccc(C(O)CN2CCC(N3CCC(C)CC3)CC2)c(C)c1. The molecule has 0 amide bonds. The molecule has 3 heteroatoms. The van der Waals surface area contributed by atoms with Crippen LogP contribution in [0.1, 0.15) is 55.4 Å². The van der Waals surface area contributed by atoms with Gasteiger partial charge in [0.15, 0.2) is 0 Å². The molecule has 1 unspecified atom stereocenters. The Bertz CT molecular complexity index is 529. The zero-order chi connectivity index (χ0) is 17.1. The van der Waals surface area contributed by atoms with E-state index in [0.29, 0.717) is 0 Å². The second-order valence-corrected chi connectivity index (χ2v) is 8.13. The van der Waals surface area contributed by atoms with Crippen molar-refractivity contribution in [3.63, 3.8) is 0 Å². The van der Waals surface area contributed by atoms with Crippen LogP contribution in [0.15, 0.2) is 18.2 Å². The lowest BCUT2D eigenvalue weighted by Crippen LogP contribution is -2.48. The number of aliphatic hydroxyl groups excluding tert-OH is 1. The lowest BCUT2D eigenvalue weighted by molar-refractivity contribution is 0.0540. The molecule has 0 aromatic heterocycles. The largest absolute Gasteiger partial charge is 0.387 e. The third-order valence-electron chi connectivity index (χ3n) is 6.11. The summed E-state index contributed by atoms with van der Waals surface area (Å²) in [6, 6.07) is 7.14. The van der Waals surface area contributed by atoms with Crippen LogP contribution in [0.4, 0.5) is 0 Å². The molecule has 0 spiro atoms. The molecule has 1 atom stereocenters. The molecule has 0 radical (unpaired) electrons. The highest BCUT2D eigenvalue weighted by molar-refractivity contribution is 5.32. The highest BCUT2D eigenvalue weighted by Crippen LogP contribution is 2.25. The van der Waals surface area contributed by atoms with Gasteiger partial charge in [-0.2, -0.15) is 0 Å². The summed E-state index contributed by atoms with van der Waals surface area (Å²) in [6.07, 6.45) is 4.89. The Balaban J connectivity index is 1.48. The zero-order valence-corrected chi connectivity index (χ0v) is 15.7. The minimum atomic E-state index is -0.363. The fraction of sp³-hybridized carbons (Fsp3) is 0.714. The van der Waals surface area contributed by atoms with E-state index < -0.39 is 0 Å². The number of benzene rings is 1. The van der Waals surface area contributed by atoms with E-state index in [0.717, 1.165) is 37.2 Å². The highest BCUT2D eigenvalue weighted by Gasteiger charge is 2.28. The van der Waals surface area contributed by atoms with E-state index in [1.165, 1.54) is 49.9 Å². The molecule has 1 aromatic rings. The van der Waals surface area contributed by atoms with Crippen molar-refractivity contribution in [2.45, 2.75) is 58.6 Å². The summed E-state index contributed by atoms with van der Waals surface area (Å²) in [4.78, 5) is 5.17. The van der Waals surface area contributed by atoms with Crippen molar-refractivity contribution in [3.05, 3.63) is 34.9 Å². The Morgan fingerprint density at radius 2 is 1.71 bits per heavy atom. The molecular weight excluding hydrogens is 296 g/mol. The molecule has 1 aromatic carbocycles. The van der Waals surface area contributed by atoms with Crippen LogP contribution in [0.5, 0.6) is 0 Å². The number of rotatable bonds is 4. The maximum absolute atomic E-state index is 10.6. The van der Waals surface area contributed by atoms with E-state index in [2.05, 4.69) is 48.8 Å². The summed E-state index contributed by atoms with van der Waals surface area (Å²) in [5, 5.41) is 10.6. The fourth-order valence-electron chi connectivity index (χ4n) is 4.40. The number of piperidine rings is 2. The number of aliphatic hydroxyl groups is 1. The van der Waals surface area contributed by atoms with E-state index in [1.807, 2.05) is 0 Å². The molecule has 134 valence electrons. The fourth-order valence-corrected chi connectivity index (χ4v) is 4.40. The van der Waals surface area contributed by atoms with Crippen molar-refractivity contribution in [3.8, 4) is 0 Å². The van der Waals surface area contributed by atoms with Gasteiger partial charge in [-0.05, 0) is 82.8 Å². The number of hydrogen-bond donors (Lipinski definition) is 1. The van der Waals surface area contributed by atoms with E-state index >= 15 is 0 Å². The summed E-state index contributed by atoms with van der Waals surface area (Å²) < 4.78 is 0. The van der Waals surface area contributed by atoms with Crippen molar-refractivity contribution < 1.29 is 5.11 Å². The average Bonchev–Trinajstić information content (AvgIpc) is 2.56. The topological polar surface area (TPSA) is 26.7 Å². The lowest BCUT2D eigenvalue weighted by atomic mass is 9.94. The number of hydrogen-bond acceptors (Lipinski definition) is 3. The van der Waals surface area contributed by atoms with Gasteiger partial charge in [0.05, 0.1) is 6.10 Å². The first-order valence-corrected chi connectivity index (χ1v) is 9.74. The molecular formula is C21H34N2O. The van der Waals surface area contributed by atoms with Gasteiger partial charge in [0.25, 0.3) is 0 Å². The van der Waals surface area contributed by atoms with Gasteiger partial charge in [-0.25, -0.2) is 0 Å². The predicted molar refractivity (Wildman–Crippen MR) is 100 cm³/mol. The summed E-state index contributed by atoms with van der Waals surface area (Å²) >= 11 is 0. The highest BCUT2D eigenvalue weighted by atomic mass is 16.3. The molecule has 1 N–H and O–H groups in total. The van der Waals surface area contributed by atoms with Crippen molar-refractivity contribution in [2.75, 3.05) is 32.7 Å². The standard InChI is InChI=1S/C21H34N2O/c1-16-6-12-23(13-7-16)19-8-10-22(11-9-19)15-21(24)20-5-4-17(2)14-18(20)3/h4-5,14,16,19,21,24H,6-13,15H2,1-3H3. The van der Waals surface area contributed by atoms with Crippen molar-refractivity contribution in [2.24, 2.45) is 5.92 Å². The second kappa shape index (κ2) is 7.99. The molecule has 0 aliphatic carbocycles. The van der Waals surface area contributed by atoms with Gasteiger partial charge in [0.2, 0.25) is 0 Å². The average molecular weight is 331 g/mol. The Labute approximate surface area is 147 Å². The predicted octanol–water partition coefficient (Wildman–Crippen LogP) is 3.53. The van der Waals surface area contributed by atoms with Gasteiger partial charge in [0.1, 0.15) is 0 Å². The van der Waals surface area contributed by atoms with E-state index in [1.54, 1.807) is 0 Å². The summed E-state index contributed by atoms with van der Waals surface area (Å²) in [7, 11) is 0. The summed E-state index contributed by atoms with van der Waals surface area (Å²) in [5.74, 6) is 0.911. The minimum Gasteiger partial charge on any atom is -0.387 e. The van der Waals surface area contributed by atoms with Crippen molar-refractivity contribution in [1.29, 1.82) is 0 Å². The quantitative estimate of drug-likeness (QED) is 0.915.